The van der Waals surface area contributed by atoms with Crippen molar-refractivity contribution < 1.29 is 40.7 Å². The van der Waals surface area contributed by atoms with Gasteiger partial charge in [0.25, 0.3) is 0 Å². The summed E-state index contributed by atoms with van der Waals surface area (Å²) in [6, 6.07) is 15.0. The number of halogens is 7. The van der Waals surface area contributed by atoms with Crippen molar-refractivity contribution in [2.24, 2.45) is 5.10 Å². The number of hydrogen-bond donors (Lipinski definition) is 0. The zero-order chi connectivity index (χ0) is 28.6. The van der Waals surface area contributed by atoms with Gasteiger partial charge in [0.05, 0.1) is 33.9 Å². The Morgan fingerprint density at radius 3 is 2.21 bits per heavy atom. The van der Waals surface area contributed by atoms with Crippen LogP contribution < -0.4 is 9.64 Å². The van der Waals surface area contributed by atoms with Crippen molar-refractivity contribution in [1.29, 1.82) is 0 Å². The maximum absolute atomic E-state index is 13.4. The second-order valence-electron chi connectivity index (χ2n) is 8.70. The molecule has 0 saturated heterocycles. The minimum absolute atomic E-state index is 0.0628. The fraction of sp³-hybridized carbons (Fsp3) is 0.192. The minimum Gasteiger partial charge on any atom is -0.406 e. The molecule has 39 heavy (non-hydrogen) atoms. The average molecular weight is 570 g/mol. The predicted octanol–water partition coefficient (Wildman–Crippen LogP) is 7.02. The topological polar surface area (TPSA) is 62.2 Å². The molecule has 3 aromatic carbocycles. The number of carbonyl (C=O) groups is 2. The van der Waals surface area contributed by atoms with Crippen LogP contribution in [0.2, 0.25) is 5.02 Å². The first-order valence-corrected chi connectivity index (χ1v) is 11.5. The van der Waals surface area contributed by atoms with E-state index in [1.54, 1.807) is 37.3 Å². The van der Waals surface area contributed by atoms with E-state index in [0.29, 0.717) is 10.5 Å². The number of benzene rings is 3. The quantitative estimate of drug-likeness (QED) is 0.245. The molecule has 0 spiro atoms. The van der Waals surface area contributed by atoms with Crippen LogP contribution in [0.15, 0.2) is 77.9 Å². The zero-order valence-electron chi connectivity index (χ0n) is 19.9. The number of amides is 3. The number of imide groups is 1. The van der Waals surface area contributed by atoms with Gasteiger partial charge in [-0.15, -0.1) is 13.2 Å². The average Bonchev–Trinajstić information content (AvgIpc) is 3.23. The van der Waals surface area contributed by atoms with E-state index in [1.807, 2.05) is 0 Å². The molecule has 0 fully saturated rings. The summed E-state index contributed by atoms with van der Waals surface area (Å²) in [5.41, 5.74) is -1.00. The summed E-state index contributed by atoms with van der Waals surface area (Å²) < 4.78 is 81.0. The van der Waals surface area contributed by atoms with Gasteiger partial charge in [0, 0.05) is 5.56 Å². The van der Waals surface area contributed by atoms with Crippen molar-refractivity contribution >= 4 is 35.4 Å². The first-order chi connectivity index (χ1) is 18.2. The molecular formula is C26H18ClF6N3O3. The summed E-state index contributed by atoms with van der Waals surface area (Å²) in [5.74, 6) is -0.554. The van der Waals surface area contributed by atoms with E-state index in [2.05, 4.69) is 9.84 Å². The first-order valence-electron chi connectivity index (χ1n) is 11.2. The molecule has 3 amide bonds. The van der Waals surface area contributed by atoms with Crippen LogP contribution >= 0.6 is 11.6 Å². The molecular weight excluding hydrogens is 552 g/mol. The van der Waals surface area contributed by atoms with E-state index in [4.69, 9.17) is 11.6 Å². The highest BCUT2D eigenvalue weighted by atomic mass is 35.5. The summed E-state index contributed by atoms with van der Waals surface area (Å²) in [4.78, 5) is 25.9. The van der Waals surface area contributed by atoms with Gasteiger partial charge in [0.15, 0.2) is 0 Å². The largest absolute Gasteiger partial charge is 0.573 e. The molecule has 0 N–H and O–H groups in total. The molecule has 1 atom stereocenters. The van der Waals surface area contributed by atoms with E-state index in [0.717, 1.165) is 41.4 Å². The van der Waals surface area contributed by atoms with Crippen LogP contribution in [0.1, 0.15) is 23.6 Å². The Hall–Kier alpha value is -4.06. The van der Waals surface area contributed by atoms with Crippen LogP contribution in [0.3, 0.4) is 0 Å². The van der Waals surface area contributed by atoms with Crippen LogP contribution in [0.4, 0.5) is 36.8 Å². The standard InChI is InChI=1S/C26H18ClF6N3O3/c1-24(17-5-3-2-4-6-17)14-36(34-22(24)16-7-12-20(21(27)13-16)25(28,29)30)23(38)35(15-37)18-8-10-19(11-9-18)39-26(31,32)33/h2-13,15H,14H2,1H3. The summed E-state index contributed by atoms with van der Waals surface area (Å²) >= 11 is 5.95. The van der Waals surface area contributed by atoms with Gasteiger partial charge < -0.3 is 4.74 Å². The Balaban J connectivity index is 1.72. The smallest absolute Gasteiger partial charge is 0.406 e. The van der Waals surface area contributed by atoms with Gasteiger partial charge in [0.1, 0.15) is 5.75 Å². The van der Waals surface area contributed by atoms with Gasteiger partial charge in [-0.25, -0.2) is 14.7 Å². The second-order valence-corrected chi connectivity index (χ2v) is 9.10. The molecule has 1 unspecified atom stereocenters. The van der Waals surface area contributed by atoms with E-state index >= 15 is 0 Å². The normalized spacial score (nSPS) is 17.5. The third kappa shape index (κ3) is 5.85. The Morgan fingerprint density at radius 1 is 1.03 bits per heavy atom. The van der Waals surface area contributed by atoms with Crippen molar-refractivity contribution in [3.63, 3.8) is 0 Å². The lowest BCUT2D eigenvalue weighted by molar-refractivity contribution is -0.274. The maximum Gasteiger partial charge on any atom is 0.573 e. The Kier molecular flexibility index (Phi) is 7.35. The molecule has 6 nitrogen and oxygen atoms in total. The molecule has 0 saturated carbocycles. The van der Waals surface area contributed by atoms with Crippen molar-refractivity contribution in [3.05, 3.63) is 94.5 Å². The van der Waals surface area contributed by atoms with Crippen molar-refractivity contribution in [2.45, 2.75) is 24.9 Å². The molecule has 204 valence electrons. The maximum atomic E-state index is 13.4. The van der Waals surface area contributed by atoms with Gasteiger partial charge in [-0.1, -0.05) is 48.0 Å². The van der Waals surface area contributed by atoms with Crippen molar-refractivity contribution in [3.8, 4) is 5.75 Å². The number of urea groups is 1. The molecule has 0 radical (unpaired) electrons. The molecule has 13 heteroatoms. The number of nitrogens with zero attached hydrogens (tertiary/aromatic N) is 3. The summed E-state index contributed by atoms with van der Waals surface area (Å²) in [7, 11) is 0. The third-order valence-electron chi connectivity index (χ3n) is 6.05. The third-order valence-corrected chi connectivity index (χ3v) is 6.36. The van der Waals surface area contributed by atoms with Gasteiger partial charge in [-0.2, -0.15) is 18.3 Å². The summed E-state index contributed by atoms with van der Waals surface area (Å²) in [6.07, 6.45) is -9.43. The lowest BCUT2D eigenvalue weighted by atomic mass is 9.76. The van der Waals surface area contributed by atoms with Gasteiger partial charge in [0.2, 0.25) is 6.41 Å². The predicted molar refractivity (Wildman–Crippen MR) is 131 cm³/mol. The monoisotopic (exact) mass is 569 g/mol. The summed E-state index contributed by atoms with van der Waals surface area (Å²) in [5, 5.41) is 4.77. The van der Waals surface area contributed by atoms with Crippen molar-refractivity contribution in [1.82, 2.24) is 5.01 Å². The highest BCUT2D eigenvalue weighted by molar-refractivity contribution is 6.32. The van der Waals surface area contributed by atoms with Gasteiger partial charge in [-0.05, 0) is 48.9 Å². The Morgan fingerprint density at radius 2 is 1.67 bits per heavy atom. The van der Waals surface area contributed by atoms with Crippen LogP contribution in [0.5, 0.6) is 5.75 Å². The molecule has 1 aliphatic rings. The Bertz CT molecular complexity index is 1410. The highest BCUT2D eigenvalue weighted by Gasteiger charge is 2.44. The van der Waals surface area contributed by atoms with Crippen LogP contribution in [0, 0.1) is 0 Å². The molecule has 1 heterocycles. The lowest BCUT2D eigenvalue weighted by Gasteiger charge is -2.28. The molecule has 4 rings (SSSR count). The molecule has 3 aromatic rings. The van der Waals surface area contributed by atoms with Crippen molar-refractivity contribution in [2.75, 3.05) is 11.4 Å². The number of alkyl halides is 6. The van der Waals surface area contributed by atoms with E-state index in [1.165, 1.54) is 6.07 Å². The fourth-order valence-electron chi connectivity index (χ4n) is 4.20. The summed E-state index contributed by atoms with van der Waals surface area (Å²) in [6.45, 7) is 1.62. The number of anilines is 1. The van der Waals surface area contributed by atoms with Crippen LogP contribution in [0.25, 0.3) is 0 Å². The number of ether oxygens (including phenoxy) is 1. The molecule has 0 aromatic heterocycles. The number of hydrazone groups is 1. The SMILES string of the molecule is CC1(c2ccccc2)CN(C(=O)N(C=O)c2ccc(OC(F)(F)F)cc2)N=C1c1ccc(C(F)(F)F)c(Cl)c1. The zero-order valence-corrected chi connectivity index (χ0v) is 20.7. The molecule has 0 bridgehead atoms. The molecule has 0 aliphatic carbocycles. The number of hydrogen-bond acceptors (Lipinski definition) is 4. The lowest BCUT2D eigenvalue weighted by Crippen LogP contribution is -2.43. The second kappa shape index (κ2) is 10.3. The minimum atomic E-state index is -4.93. The van der Waals surface area contributed by atoms with Crippen LogP contribution in [-0.2, 0) is 16.4 Å². The highest BCUT2D eigenvalue weighted by Crippen LogP contribution is 2.39. The molecule has 1 aliphatic heterocycles. The number of rotatable bonds is 5. The van der Waals surface area contributed by atoms with Gasteiger partial charge >= 0.3 is 18.6 Å². The van der Waals surface area contributed by atoms with E-state index in [-0.39, 0.29) is 29.9 Å². The van der Waals surface area contributed by atoms with Gasteiger partial charge in [-0.3, -0.25) is 4.79 Å². The first kappa shape index (κ1) is 28.0. The fourth-order valence-corrected chi connectivity index (χ4v) is 4.49. The number of carbonyl (C=O) groups excluding carboxylic acids is 2. The van der Waals surface area contributed by atoms with E-state index < -0.39 is 40.3 Å². The van der Waals surface area contributed by atoms with E-state index in [9.17, 15) is 35.9 Å². The Labute approximate surface area is 223 Å². The van der Waals surface area contributed by atoms with Crippen LogP contribution in [-0.4, -0.2) is 36.1 Å².